The smallest absolute Gasteiger partial charge is 0.249 e. The maximum atomic E-state index is 14.9. The van der Waals surface area contributed by atoms with Crippen molar-refractivity contribution in [3.05, 3.63) is 78.0 Å². The van der Waals surface area contributed by atoms with Crippen LogP contribution in [0.25, 0.3) is 22.4 Å². The molecule has 1 unspecified atom stereocenters. The molecule has 2 atom stereocenters. The van der Waals surface area contributed by atoms with Gasteiger partial charge in [-0.05, 0) is 57.0 Å². The number of piperidine rings is 1. The van der Waals surface area contributed by atoms with Gasteiger partial charge >= 0.3 is 0 Å². The van der Waals surface area contributed by atoms with Gasteiger partial charge in [0.1, 0.15) is 10.6 Å². The molecular weight excluding hydrogens is 555 g/mol. The second-order valence-electron chi connectivity index (χ2n) is 10.3. The second kappa shape index (κ2) is 10.4. The molecule has 2 N–H and O–H groups in total. The normalized spacial score (nSPS) is 22.0. The topological polar surface area (TPSA) is 122 Å². The number of fused-ring (bicyclic) bond motifs is 1. The van der Waals surface area contributed by atoms with Crippen molar-refractivity contribution in [2.75, 3.05) is 18.4 Å². The van der Waals surface area contributed by atoms with Gasteiger partial charge in [-0.3, -0.25) is 4.90 Å². The van der Waals surface area contributed by atoms with Crippen LogP contribution >= 0.6 is 11.6 Å². The fourth-order valence-corrected chi connectivity index (χ4v) is 7.35. The first kappa shape index (κ1) is 26.6. The first-order valence-corrected chi connectivity index (χ1v) is 14.8. The van der Waals surface area contributed by atoms with Gasteiger partial charge in [0.05, 0.1) is 12.7 Å². The van der Waals surface area contributed by atoms with Crippen molar-refractivity contribution in [1.82, 2.24) is 33.8 Å². The molecule has 5 heterocycles. The summed E-state index contributed by atoms with van der Waals surface area (Å²) in [6, 6.07) is 3.44. The van der Waals surface area contributed by atoms with Gasteiger partial charge < -0.3 is 10.3 Å². The van der Waals surface area contributed by atoms with Gasteiger partial charge in [-0.2, -0.15) is 0 Å². The molecule has 10 nitrogen and oxygen atoms in total. The molecular formula is C27H28ClFN8O2S. The van der Waals surface area contributed by atoms with Crippen LogP contribution in [0.3, 0.4) is 0 Å². The fraction of sp³-hybridized carbons (Fsp3) is 0.333. The van der Waals surface area contributed by atoms with E-state index in [9.17, 15) is 12.8 Å². The zero-order valence-electron chi connectivity index (χ0n) is 21.8. The zero-order chi connectivity index (χ0) is 27.9. The number of nitrogens with zero attached hydrogens (tertiary/aromatic N) is 6. The monoisotopic (exact) mass is 582 g/mol. The highest BCUT2D eigenvalue weighted by Gasteiger charge is 2.40. The number of hydrogen-bond donors (Lipinski definition) is 2. The number of rotatable bonds is 7. The Hall–Kier alpha value is -3.61. The minimum Gasteiger partial charge on any atom is -0.363 e. The third kappa shape index (κ3) is 4.91. The van der Waals surface area contributed by atoms with E-state index in [4.69, 9.17) is 11.6 Å². The standard InChI is InChI=1S/C27H28ClFN8O2S/c1-27(8-2-5-18(28)13-27)40(38,39)37-16-21(20-7-3-9-32-26(20)37)24-33-14-22(29)25(35-24)34-19-6-4-12-36(15-19)17-23-30-10-11-31-23/h2-3,5,7,9-11,13-14,16,19H,4,6,8,12,15,17H2,1H3,(H,30,31)(H,33,34,35)/t19?,27-/m0/s1. The van der Waals surface area contributed by atoms with E-state index >= 15 is 0 Å². The van der Waals surface area contributed by atoms with Crippen LogP contribution in [0.15, 0.2) is 66.4 Å². The first-order chi connectivity index (χ1) is 19.2. The molecule has 1 fully saturated rings. The highest BCUT2D eigenvalue weighted by atomic mass is 35.5. The van der Waals surface area contributed by atoms with Gasteiger partial charge in [-0.15, -0.1) is 0 Å². The molecule has 1 aliphatic carbocycles. The lowest BCUT2D eigenvalue weighted by atomic mass is 10.0. The lowest BCUT2D eigenvalue weighted by molar-refractivity contribution is 0.204. The molecule has 0 spiro atoms. The van der Waals surface area contributed by atoms with Crippen LogP contribution in [0, 0.1) is 5.82 Å². The van der Waals surface area contributed by atoms with Crippen LogP contribution in [0.5, 0.6) is 0 Å². The molecule has 1 saturated heterocycles. The van der Waals surface area contributed by atoms with E-state index in [2.05, 4.69) is 35.1 Å². The third-order valence-corrected chi connectivity index (χ3v) is 9.88. The number of likely N-dealkylation sites (tertiary alicyclic amines) is 1. The summed E-state index contributed by atoms with van der Waals surface area (Å²) >= 11 is 6.19. The van der Waals surface area contributed by atoms with Gasteiger partial charge in [0.15, 0.2) is 23.1 Å². The summed E-state index contributed by atoms with van der Waals surface area (Å²) in [6.45, 7) is 3.92. The number of anilines is 1. The van der Waals surface area contributed by atoms with Crippen molar-refractivity contribution < 1.29 is 12.8 Å². The minimum absolute atomic E-state index is 0.0276. The second-order valence-corrected chi connectivity index (χ2v) is 13.0. The Kier molecular flexibility index (Phi) is 6.93. The summed E-state index contributed by atoms with van der Waals surface area (Å²) < 4.78 is 42.6. The van der Waals surface area contributed by atoms with E-state index in [1.54, 1.807) is 43.6 Å². The molecule has 2 aliphatic rings. The Morgan fingerprint density at radius 2 is 2.15 bits per heavy atom. The third-order valence-electron chi connectivity index (χ3n) is 7.38. The van der Waals surface area contributed by atoms with Gasteiger partial charge in [0.25, 0.3) is 0 Å². The van der Waals surface area contributed by atoms with Crippen molar-refractivity contribution in [2.24, 2.45) is 0 Å². The SMILES string of the molecule is C[C@@]1(S(=O)(=O)n2cc(-c3ncc(F)c(NC4CCCN(Cc5ncc[nH]5)C4)n3)c3cccnc32)C=C(Cl)C=CC1. The molecule has 0 saturated carbocycles. The lowest BCUT2D eigenvalue weighted by Gasteiger charge is -2.32. The van der Waals surface area contributed by atoms with Crippen LogP contribution in [0.4, 0.5) is 10.2 Å². The summed E-state index contributed by atoms with van der Waals surface area (Å²) in [6.07, 6.45) is 14.6. The quantitative estimate of drug-likeness (QED) is 0.328. The van der Waals surface area contributed by atoms with Crippen molar-refractivity contribution in [1.29, 1.82) is 0 Å². The Bertz CT molecular complexity index is 1720. The maximum Gasteiger partial charge on any atom is 0.249 e. The van der Waals surface area contributed by atoms with Crippen LogP contribution < -0.4 is 5.32 Å². The number of hydrogen-bond acceptors (Lipinski definition) is 8. The predicted octanol–water partition coefficient (Wildman–Crippen LogP) is 4.45. The zero-order valence-corrected chi connectivity index (χ0v) is 23.3. The van der Waals surface area contributed by atoms with Crippen molar-refractivity contribution in [2.45, 2.75) is 43.5 Å². The van der Waals surface area contributed by atoms with Gasteiger partial charge in [-0.1, -0.05) is 17.7 Å². The molecule has 0 bridgehead atoms. The van der Waals surface area contributed by atoms with Crippen molar-refractivity contribution in [3.63, 3.8) is 0 Å². The Morgan fingerprint density at radius 3 is 2.95 bits per heavy atom. The number of pyridine rings is 1. The number of halogens is 2. The van der Waals surface area contributed by atoms with Gasteiger partial charge in [0.2, 0.25) is 10.0 Å². The molecule has 0 radical (unpaired) electrons. The van der Waals surface area contributed by atoms with Crippen LogP contribution in [0.2, 0.25) is 0 Å². The van der Waals surface area contributed by atoms with Gasteiger partial charge in [0, 0.05) is 53.4 Å². The molecule has 40 heavy (non-hydrogen) atoms. The Morgan fingerprint density at radius 1 is 1.27 bits per heavy atom. The predicted molar refractivity (Wildman–Crippen MR) is 152 cm³/mol. The number of imidazole rings is 1. The summed E-state index contributed by atoms with van der Waals surface area (Å²) in [7, 11) is -3.99. The molecule has 6 rings (SSSR count). The van der Waals surface area contributed by atoms with E-state index in [1.165, 1.54) is 18.5 Å². The number of aromatic nitrogens is 6. The largest absolute Gasteiger partial charge is 0.363 e. The molecule has 4 aromatic heterocycles. The first-order valence-electron chi connectivity index (χ1n) is 13.0. The summed E-state index contributed by atoms with van der Waals surface area (Å²) in [5, 5.41) is 4.14. The summed E-state index contributed by atoms with van der Waals surface area (Å²) in [5.74, 6) is 0.567. The number of H-pyrrole nitrogens is 1. The van der Waals surface area contributed by atoms with Crippen LogP contribution in [0.1, 0.15) is 32.0 Å². The Balaban J connectivity index is 1.32. The Labute approximate surface area is 236 Å². The average Bonchev–Trinajstić information content (AvgIpc) is 3.58. The number of nitrogens with one attached hydrogen (secondary N) is 2. The minimum atomic E-state index is -3.99. The molecule has 208 valence electrons. The van der Waals surface area contributed by atoms with E-state index < -0.39 is 20.6 Å². The fourth-order valence-electron chi connectivity index (χ4n) is 5.31. The average molecular weight is 583 g/mol. The van der Waals surface area contributed by atoms with E-state index in [0.717, 1.165) is 35.4 Å². The van der Waals surface area contributed by atoms with E-state index in [-0.39, 0.29) is 29.8 Å². The van der Waals surface area contributed by atoms with Crippen molar-refractivity contribution in [3.8, 4) is 11.4 Å². The van der Waals surface area contributed by atoms with E-state index in [0.29, 0.717) is 29.1 Å². The van der Waals surface area contributed by atoms with Crippen LogP contribution in [-0.2, 0) is 16.6 Å². The van der Waals surface area contributed by atoms with Gasteiger partial charge in [-0.25, -0.2) is 36.7 Å². The van der Waals surface area contributed by atoms with Crippen LogP contribution in [-0.4, -0.2) is 66.1 Å². The molecule has 1 aliphatic heterocycles. The number of aromatic amines is 1. The highest BCUT2D eigenvalue weighted by molar-refractivity contribution is 7.91. The van der Waals surface area contributed by atoms with Crippen molar-refractivity contribution >= 4 is 38.5 Å². The molecule has 0 amide bonds. The molecule has 0 aromatic carbocycles. The molecule has 13 heteroatoms. The summed E-state index contributed by atoms with van der Waals surface area (Å²) in [5.41, 5.74) is 0.670. The highest BCUT2D eigenvalue weighted by Crippen LogP contribution is 2.36. The molecule has 4 aromatic rings. The lowest BCUT2D eigenvalue weighted by Crippen LogP contribution is -2.42. The van der Waals surface area contributed by atoms with E-state index in [1.807, 2.05) is 0 Å². The summed E-state index contributed by atoms with van der Waals surface area (Å²) in [4.78, 5) is 22.8. The number of allylic oxidation sites excluding steroid dienone is 3. The maximum absolute atomic E-state index is 14.9.